The Balaban J connectivity index is 1.65. The van der Waals surface area contributed by atoms with E-state index in [1.54, 1.807) is 0 Å². The summed E-state index contributed by atoms with van der Waals surface area (Å²) in [6.45, 7) is 2.26. The van der Waals surface area contributed by atoms with E-state index in [0.717, 1.165) is 18.3 Å². The van der Waals surface area contributed by atoms with Gasteiger partial charge in [-0.15, -0.1) is 0 Å². The Labute approximate surface area is 114 Å². The first-order valence-corrected chi connectivity index (χ1v) is 7.60. The Hall–Kier alpha value is -0.610. The molecule has 4 aliphatic rings. The van der Waals surface area contributed by atoms with Crippen LogP contribution in [0.4, 0.5) is 0 Å². The molecule has 4 aliphatic carbocycles. The SMILES string of the molecule is CCC1(OC(=O)COCCO)C2CC3CC(C2)C1C3. The van der Waals surface area contributed by atoms with E-state index in [0.29, 0.717) is 11.8 Å². The van der Waals surface area contributed by atoms with Crippen molar-refractivity contribution in [1.82, 2.24) is 0 Å². The maximum atomic E-state index is 12.0. The smallest absolute Gasteiger partial charge is 0.332 e. The molecule has 0 aromatic heterocycles. The number of carbonyl (C=O) groups is 1. The van der Waals surface area contributed by atoms with Crippen molar-refractivity contribution in [3.63, 3.8) is 0 Å². The zero-order valence-electron chi connectivity index (χ0n) is 11.6. The van der Waals surface area contributed by atoms with Crippen LogP contribution in [0.2, 0.25) is 0 Å². The highest BCUT2D eigenvalue weighted by Crippen LogP contribution is 2.64. The number of rotatable bonds is 6. The average Bonchev–Trinajstić information content (AvgIpc) is 2.80. The molecule has 1 N–H and O–H groups in total. The minimum atomic E-state index is -0.258. The summed E-state index contributed by atoms with van der Waals surface area (Å²) >= 11 is 0. The Bertz CT molecular complexity index is 352. The van der Waals surface area contributed by atoms with Gasteiger partial charge in [-0.2, -0.15) is 0 Å². The van der Waals surface area contributed by atoms with Gasteiger partial charge in [-0.1, -0.05) is 6.92 Å². The minimum absolute atomic E-state index is 0.0319. The number of aliphatic hydroxyl groups is 1. The quantitative estimate of drug-likeness (QED) is 0.589. The fourth-order valence-electron chi connectivity index (χ4n) is 5.10. The minimum Gasteiger partial charge on any atom is -0.457 e. The number of hydrogen-bond acceptors (Lipinski definition) is 4. The van der Waals surface area contributed by atoms with Gasteiger partial charge in [0.25, 0.3) is 0 Å². The van der Waals surface area contributed by atoms with Gasteiger partial charge < -0.3 is 14.6 Å². The number of carbonyl (C=O) groups excluding carboxylic acids is 1. The standard InChI is InChI=1S/C15H24O4/c1-2-15(19-14(17)9-18-4-3-16)12-6-10-5-11(8-12)13(15)7-10/h10-13,16H,2-9H2,1H3. The number of hydrogen-bond donors (Lipinski definition) is 1. The third kappa shape index (κ3) is 2.09. The molecule has 5 unspecified atom stereocenters. The van der Waals surface area contributed by atoms with E-state index in [2.05, 4.69) is 6.92 Å². The normalized spacial score (nSPS) is 42.8. The lowest BCUT2D eigenvalue weighted by atomic mass is 9.71. The molecule has 4 heteroatoms. The monoisotopic (exact) mass is 268 g/mol. The summed E-state index contributed by atoms with van der Waals surface area (Å²) in [7, 11) is 0. The third-order valence-electron chi connectivity index (χ3n) is 5.63. The summed E-state index contributed by atoms with van der Waals surface area (Å²) in [5.74, 6) is 2.57. The first-order chi connectivity index (χ1) is 9.19. The van der Waals surface area contributed by atoms with Crippen molar-refractivity contribution in [3.05, 3.63) is 0 Å². The van der Waals surface area contributed by atoms with Crippen molar-refractivity contribution < 1.29 is 19.4 Å². The Kier molecular flexibility index (Phi) is 3.56. The van der Waals surface area contributed by atoms with Gasteiger partial charge in [-0.05, 0) is 49.9 Å². The third-order valence-corrected chi connectivity index (χ3v) is 5.63. The van der Waals surface area contributed by atoms with Crippen LogP contribution in [0.1, 0.15) is 39.0 Å². The zero-order valence-corrected chi connectivity index (χ0v) is 11.6. The highest BCUT2D eigenvalue weighted by Gasteiger charge is 2.63. The Morgan fingerprint density at radius 3 is 2.84 bits per heavy atom. The average molecular weight is 268 g/mol. The molecule has 0 aromatic rings. The molecular formula is C15H24O4. The molecule has 0 aromatic carbocycles. The van der Waals surface area contributed by atoms with Crippen molar-refractivity contribution >= 4 is 5.97 Å². The van der Waals surface area contributed by atoms with E-state index in [9.17, 15) is 4.79 Å². The Morgan fingerprint density at radius 2 is 2.16 bits per heavy atom. The molecule has 4 bridgehead atoms. The van der Waals surface area contributed by atoms with Gasteiger partial charge in [0.15, 0.2) is 0 Å². The van der Waals surface area contributed by atoms with E-state index in [4.69, 9.17) is 14.6 Å². The first-order valence-electron chi connectivity index (χ1n) is 7.60. The van der Waals surface area contributed by atoms with E-state index in [1.807, 2.05) is 0 Å². The van der Waals surface area contributed by atoms with Crippen molar-refractivity contribution in [2.24, 2.45) is 23.7 Å². The molecule has 4 rings (SSSR count). The van der Waals surface area contributed by atoms with Crippen LogP contribution in [0.3, 0.4) is 0 Å². The van der Waals surface area contributed by atoms with Crippen molar-refractivity contribution in [2.45, 2.75) is 44.6 Å². The molecule has 4 fully saturated rings. The maximum absolute atomic E-state index is 12.0. The molecule has 0 aliphatic heterocycles. The van der Waals surface area contributed by atoms with Crippen LogP contribution in [0.15, 0.2) is 0 Å². The van der Waals surface area contributed by atoms with Crippen LogP contribution in [-0.4, -0.2) is 36.5 Å². The summed E-state index contributed by atoms with van der Waals surface area (Å²) in [5.41, 5.74) is -0.211. The fraction of sp³-hybridized carbons (Fsp3) is 0.933. The van der Waals surface area contributed by atoms with Gasteiger partial charge >= 0.3 is 5.97 Å². The van der Waals surface area contributed by atoms with E-state index in [1.165, 1.54) is 25.7 Å². The van der Waals surface area contributed by atoms with Gasteiger partial charge in [0.05, 0.1) is 13.2 Å². The molecule has 0 saturated heterocycles. The number of aliphatic hydroxyl groups excluding tert-OH is 1. The van der Waals surface area contributed by atoms with Crippen LogP contribution in [0, 0.1) is 23.7 Å². The largest absolute Gasteiger partial charge is 0.457 e. The zero-order chi connectivity index (χ0) is 13.5. The molecular weight excluding hydrogens is 244 g/mol. The van der Waals surface area contributed by atoms with Gasteiger partial charge in [-0.25, -0.2) is 4.79 Å². The van der Waals surface area contributed by atoms with Gasteiger partial charge in [0, 0.05) is 5.92 Å². The second kappa shape index (κ2) is 5.06. The van der Waals surface area contributed by atoms with E-state index in [-0.39, 0.29) is 31.4 Å². The summed E-state index contributed by atoms with van der Waals surface area (Å²) in [6, 6.07) is 0. The van der Waals surface area contributed by atoms with Gasteiger partial charge in [0.1, 0.15) is 12.2 Å². The topological polar surface area (TPSA) is 55.8 Å². The molecule has 108 valence electrons. The number of esters is 1. The predicted octanol–water partition coefficient (Wildman–Crippen LogP) is 1.75. The lowest BCUT2D eigenvalue weighted by Gasteiger charge is -2.43. The fourth-order valence-corrected chi connectivity index (χ4v) is 5.10. The van der Waals surface area contributed by atoms with Crippen LogP contribution in [0.25, 0.3) is 0 Å². The molecule has 4 saturated carbocycles. The van der Waals surface area contributed by atoms with Gasteiger partial charge in [-0.3, -0.25) is 0 Å². The highest BCUT2D eigenvalue weighted by atomic mass is 16.6. The Morgan fingerprint density at radius 1 is 1.32 bits per heavy atom. The maximum Gasteiger partial charge on any atom is 0.332 e. The summed E-state index contributed by atoms with van der Waals surface area (Å²) in [5, 5.41) is 8.65. The first kappa shape index (κ1) is 13.4. The van der Waals surface area contributed by atoms with Crippen molar-refractivity contribution in [1.29, 1.82) is 0 Å². The van der Waals surface area contributed by atoms with Crippen molar-refractivity contribution in [2.75, 3.05) is 19.8 Å². The second-order valence-electron chi connectivity index (χ2n) is 6.43. The molecule has 4 nitrogen and oxygen atoms in total. The summed E-state index contributed by atoms with van der Waals surface area (Å²) in [6.07, 6.45) is 6.02. The lowest BCUT2D eigenvalue weighted by molar-refractivity contribution is -0.180. The van der Waals surface area contributed by atoms with Crippen LogP contribution in [-0.2, 0) is 14.3 Å². The van der Waals surface area contributed by atoms with Crippen LogP contribution >= 0.6 is 0 Å². The van der Waals surface area contributed by atoms with Crippen LogP contribution in [0.5, 0.6) is 0 Å². The molecule has 0 radical (unpaired) electrons. The van der Waals surface area contributed by atoms with Crippen LogP contribution < -0.4 is 0 Å². The van der Waals surface area contributed by atoms with Crippen molar-refractivity contribution in [3.8, 4) is 0 Å². The summed E-state index contributed by atoms with van der Waals surface area (Å²) in [4.78, 5) is 12.0. The number of ether oxygens (including phenoxy) is 2. The molecule has 0 spiro atoms. The molecule has 0 heterocycles. The molecule has 5 atom stereocenters. The van der Waals surface area contributed by atoms with Gasteiger partial charge in [0.2, 0.25) is 0 Å². The van der Waals surface area contributed by atoms with E-state index < -0.39 is 0 Å². The second-order valence-corrected chi connectivity index (χ2v) is 6.43. The predicted molar refractivity (Wildman–Crippen MR) is 69.4 cm³/mol. The lowest BCUT2D eigenvalue weighted by Crippen LogP contribution is -2.47. The summed E-state index contributed by atoms with van der Waals surface area (Å²) < 4.78 is 11.0. The highest BCUT2D eigenvalue weighted by molar-refractivity contribution is 5.71. The van der Waals surface area contributed by atoms with E-state index >= 15 is 0 Å². The molecule has 0 amide bonds. The molecule has 19 heavy (non-hydrogen) atoms.